The van der Waals surface area contributed by atoms with Crippen molar-refractivity contribution < 1.29 is 4.79 Å². The molecule has 19 heavy (non-hydrogen) atoms. The molecular formula is C16H17NOS. The fourth-order valence-corrected chi connectivity index (χ4v) is 2.42. The summed E-state index contributed by atoms with van der Waals surface area (Å²) in [7, 11) is 0. The molecule has 0 bridgehead atoms. The van der Waals surface area contributed by atoms with Crippen LogP contribution in [0.3, 0.4) is 0 Å². The van der Waals surface area contributed by atoms with Gasteiger partial charge in [0.1, 0.15) is 5.03 Å². The molecule has 0 aliphatic rings. The second-order valence-electron chi connectivity index (χ2n) is 5.42. The van der Waals surface area contributed by atoms with Gasteiger partial charge in [-0.15, -0.1) is 0 Å². The molecule has 0 radical (unpaired) electrons. The lowest BCUT2D eigenvalue weighted by atomic mass is 9.87. The Morgan fingerprint density at radius 2 is 1.74 bits per heavy atom. The zero-order chi connectivity index (χ0) is 13.9. The summed E-state index contributed by atoms with van der Waals surface area (Å²) in [6, 6.07) is 12.2. The minimum absolute atomic E-state index is 0.174. The number of benzene rings is 1. The number of aldehydes is 1. The molecule has 2 nitrogen and oxygen atoms in total. The Labute approximate surface area is 118 Å². The topological polar surface area (TPSA) is 30.0 Å². The van der Waals surface area contributed by atoms with Crippen molar-refractivity contribution in [2.75, 3.05) is 0 Å². The highest BCUT2D eigenvalue weighted by atomic mass is 32.2. The summed E-state index contributed by atoms with van der Waals surface area (Å²) in [5.74, 6) is 0. The van der Waals surface area contributed by atoms with Gasteiger partial charge in [0.05, 0.1) is 0 Å². The molecule has 1 heterocycles. The normalized spacial score (nSPS) is 11.3. The summed E-state index contributed by atoms with van der Waals surface area (Å²) >= 11 is 1.60. The summed E-state index contributed by atoms with van der Waals surface area (Å²) in [5, 5.41) is 0.897. The fourth-order valence-electron chi connectivity index (χ4n) is 1.67. The van der Waals surface area contributed by atoms with Crippen LogP contribution in [0, 0.1) is 0 Å². The Morgan fingerprint density at radius 3 is 2.21 bits per heavy atom. The van der Waals surface area contributed by atoms with Crippen molar-refractivity contribution in [2.45, 2.75) is 36.1 Å². The highest BCUT2D eigenvalue weighted by Gasteiger charge is 2.12. The maximum atomic E-state index is 10.6. The number of aromatic nitrogens is 1. The number of pyridine rings is 1. The van der Waals surface area contributed by atoms with E-state index < -0.39 is 0 Å². The van der Waals surface area contributed by atoms with Crippen molar-refractivity contribution in [1.82, 2.24) is 4.98 Å². The van der Waals surface area contributed by atoms with Gasteiger partial charge in [-0.2, -0.15) is 0 Å². The van der Waals surface area contributed by atoms with Gasteiger partial charge in [-0.1, -0.05) is 44.7 Å². The fraction of sp³-hybridized carbons (Fsp3) is 0.250. The van der Waals surface area contributed by atoms with Gasteiger partial charge in [-0.05, 0) is 35.2 Å². The zero-order valence-electron chi connectivity index (χ0n) is 11.4. The molecule has 2 aromatic rings. The SMILES string of the molecule is CC(C)(C)c1ccc(Sc2ccc(C=O)cn2)cc1. The zero-order valence-corrected chi connectivity index (χ0v) is 12.2. The monoisotopic (exact) mass is 271 g/mol. The first kappa shape index (κ1) is 13.8. The first-order chi connectivity index (χ1) is 8.99. The molecule has 98 valence electrons. The molecule has 0 aliphatic carbocycles. The van der Waals surface area contributed by atoms with E-state index in [0.29, 0.717) is 5.56 Å². The first-order valence-corrected chi connectivity index (χ1v) is 7.00. The van der Waals surface area contributed by atoms with Crippen molar-refractivity contribution in [3.63, 3.8) is 0 Å². The smallest absolute Gasteiger partial charge is 0.151 e. The van der Waals surface area contributed by atoms with E-state index in [2.05, 4.69) is 50.0 Å². The van der Waals surface area contributed by atoms with Crippen molar-refractivity contribution in [2.24, 2.45) is 0 Å². The molecule has 3 heteroatoms. The summed E-state index contributed by atoms with van der Waals surface area (Å²) in [6.07, 6.45) is 2.40. The minimum atomic E-state index is 0.174. The molecule has 0 aliphatic heterocycles. The second kappa shape index (κ2) is 5.57. The quantitative estimate of drug-likeness (QED) is 0.778. The van der Waals surface area contributed by atoms with E-state index in [1.54, 1.807) is 24.0 Å². The molecule has 0 saturated heterocycles. The molecule has 0 fully saturated rings. The van der Waals surface area contributed by atoms with E-state index in [9.17, 15) is 4.79 Å². The molecule has 0 saturated carbocycles. The van der Waals surface area contributed by atoms with Crippen molar-refractivity contribution in [3.05, 3.63) is 53.7 Å². The van der Waals surface area contributed by atoms with E-state index in [1.165, 1.54) is 5.56 Å². The third kappa shape index (κ3) is 3.67. The first-order valence-electron chi connectivity index (χ1n) is 6.19. The lowest BCUT2D eigenvalue weighted by molar-refractivity contribution is 0.112. The molecule has 0 N–H and O–H groups in total. The lowest BCUT2D eigenvalue weighted by Gasteiger charge is -2.18. The number of hydrogen-bond donors (Lipinski definition) is 0. The Balaban J connectivity index is 2.12. The molecule has 1 aromatic heterocycles. The molecule has 0 amide bonds. The molecule has 1 aromatic carbocycles. The van der Waals surface area contributed by atoms with Crippen LogP contribution in [-0.4, -0.2) is 11.3 Å². The summed E-state index contributed by atoms with van der Waals surface area (Å²) in [4.78, 5) is 16.0. The maximum Gasteiger partial charge on any atom is 0.151 e. The Kier molecular flexibility index (Phi) is 4.05. The number of rotatable bonds is 3. The van der Waals surface area contributed by atoms with Crippen LogP contribution in [0.4, 0.5) is 0 Å². The van der Waals surface area contributed by atoms with Crippen LogP contribution < -0.4 is 0 Å². The van der Waals surface area contributed by atoms with Crippen LogP contribution >= 0.6 is 11.8 Å². The van der Waals surface area contributed by atoms with Gasteiger partial charge in [0, 0.05) is 16.7 Å². The molecule has 0 unspecified atom stereocenters. The van der Waals surface area contributed by atoms with Crippen molar-refractivity contribution >= 4 is 18.0 Å². The number of nitrogens with zero attached hydrogens (tertiary/aromatic N) is 1. The van der Waals surface area contributed by atoms with E-state index in [4.69, 9.17) is 0 Å². The van der Waals surface area contributed by atoms with Gasteiger partial charge in [0.25, 0.3) is 0 Å². The molecular weight excluding hydrogens is 254 g/mol. The maximum absolute atomic E-state index is 10.6. The highest BCUT2D eigenvalue weighted by Crippen LogP contribution is 2.29. The summed E-state index contributed by atoms with van der Waals surface area (Å²) < 4.78 is 0. The average molecular weight is 271 g/mol. The van der Waals surface area contributed by atoms with Crippen molar-refractivity contribution in [1.29, 1.82) is 0 Å². The van der Waals surface area contributed by atoms with Gasteiger partial charge < -0.3 is 0 Å². The summed E-state index contributed by atoms with van der Waals surface area (Å²) in [6.45, 7) is 6.61. The van der Waals surface area contributed by atoms with Crippen LogP contribution in [0.15, 0.2) is 52.5 Å². The predicted octanol–water partition coefficient (Wildman–Crippen LogP) is 4.34. The Morgan fingerprint density at radius 1 is 1.05 bits per heavy atom. The van der Waals surface area contributed by atoms with Crippen LogP contribution in [0.25, 0.3) is 0 Å². The predicted molar refractivity (Wildman–Crippen MR) is 78.9 cm³/mol. The third-order valence-electron chi connectivity index (χ3n) is 2.84. The summed E-state index contributed by atoms with van der Waals surface area (Å²) in [5.41, 5.74) is 2.10. The number of hydrogen-bond acceptors (Lipinski definition) is 3. The molecule has 0 atom stereocenters. The molecule has 0 spiro atoms. The number of carbonyl (C=O) groups excluding carboxylic acids is 1. The lowest BCUT2D eigenvalue weighted by Crippen LogP contribution is -2.10. The molecule has 2 rings (SSSR count). The van der Waals surface area contributed by atoms with Gasteiger partial charge >= 0.3 is 0 Å². The number of carbonyl (C=O) groups is 1. The third-order valence-corrected chi connectivity index (χ3v) is 3.80. The largest absolute Gasteiger partial charge is 0.298 e. The average Bonchev–Trinajstić information content (AvgIpc) is 2.39. The second-order valence-corrected chi connectivity index (χ2v) is 6.52. The van der Waals surface area contributed by atoms with Crippen molar-refractivity contribution in [3.8, 4) is 0 Å². The van der Waals surface area contributed by atoms with E-state index in [0.717, 1.165) is 16.2 Å². The van der Waals surface area contributed by atoms with Crippen LogP contribution in [0.5, 0.6) is 0 Å². The Bertz CT molecular complexity index is 553. The van der Waals surface area contributed by atoms with Crippen LogP contribution in [0.2, 0.25) is 0 Å². The standard InChI is InChI=1S/C16H17NOS/c1-16(2,3)13-5-7-14(8-6-13)19-15-9-4-12(11-18)10-17-15/h4-11H,1-3H3. The van der Waals surface area contributed by atoms with Gasteiger partial charge in [0.15, 0.2) is 6.29 Å². The highest BCUT2D eigenvalue weighted by molar-refractivity contribution is 7.99. The minimum Gasteiger partial charge on any atom is -0.298 e. The van der Waals surface area contributed by atoms with Gasteiger partial charge in [0.2, 0.25) is 0 Å². The van der Waals surface area contributed by atoms with Gasteiger partial charge in [-0.25, -0.2) is 4.98 Å². The van der Waals surface area contributed by atoms with Crippen LogP contribution in [0.1, 0.15) is 36.7 Å². The van der Waals surface area contributed by atoms with E-state index in [-0.39, 0.29) is 5.41 Å². The van der Waals surface area contributed by atoms with Crippen LogP contribution in [-0.2, 0) is 5.41 Å². The van der Waals surface area contributed by atoms with E-state index >= 15 is 0 Å². The van der Waals surface area contributed by atoms with E-state index in [1.807, 2.05) is 6.07 Å². The van der Waals surface area contributed by atoms with Gasteiger partial charge in [-0.3, -0.25) is 4.79 Å². The Hall–Kier alpha value is -1.61.